The topological polar surface area (TPSA) is 66.6 Å². The number of aliphatic hydroxyl groups excluding tert-OH is 1. The lowest BCUT2D eigenvalue weighted by Gasteiger charge is -2.29. The average Bonchev–Trinajstić information content (AvgIpc) is 2.85. The highest BCUT2D eigenvalue weighted by atomic mass is 32.1. The third kappa shape index (κ3) is 3.10. The normalized spacial score (nSPS) is 16.2. The van der Waals surface area contributed by atoms with Crippen molar-refractivity contribution in [2.45, 2.75) is 18.9 Å². The Labute approximate surface area is 110 Å². The second-order valence-corrected chi connectivity index (χ2v) is 5.28. The van der Waals surface area contributed by atoms with Gasteiger partial charge in [-0.3, -0.25) is 4.79 Å². The lowest BCUT2D eigenvalue weighted by molar-refractivity contribution is 0.0550. The number of amides is 1. The van der Waals surface area contributed by atoms with Gasteiger partial charge in [-0.15, -0.1) is 11.3 Å². The fourth-order valence-corrected chi connectivity index (χ4v) is 2.73. The van der Waals surface area contributed by atoms with Crippen LogP contribution in [0.15, 0.2) is 12.1 Å². The van der Waals surface area contributed by atoms with Crippen molar-refractivity contribution in [3.63, 3.8) is 0 Å². The minimum atomic E-state index is -0.261. The van der Waals surface area contributed by atoms with Gasteiger partial charge in [-0.05, 0) is 25.0 Å². The van der Waals surface area contributed by atoms with Crippen LogP contribution >= 0.6 is 11.3 Å². The van der Waals surface area contributed by atoms with E-state index in [1.807, 2.05) is 6.07 Å². The third-order valence-electron chi connectivity index (χ3n) is 2.88. The Balaban J connectivity index is 2.02. The van der Waals surface area contributed by atoms with Crippen LogP contribution in [-0.2, 0) is 0 Å². The largest absolute Gasteiger partial charge is 0.393 e. The molecule has 1 aromatic heterocycles. The van der Waals surface area contributed by atoms with E-state index in [0.717, 1.165) is 4.88 Å². The van der Waals surface area contributed by atoms with E-state index < -0.39 is 0 Å². The maximum atomic E-state index is 12.2. The minimum Gasteiger partial charge on any atom is -0.393 e. The van der Waals surface area contributed by atoms with Crippen molar-refractivity contribution in [1.29, 1.82) is 0 Å². The first kappa shape index (κ1) is 13.1. The first-order valence-corrected chi connectivity index (χ1v) is 6.78. The summed E-state index contributed by atoms with van der Waals surface area (Å²) in [7, 11) is 0. The molecule has 1 aliphatic heterocycles. The Bertz CT molecular complexity index is 479. The van der Waals surface area contributed by atoms with E-state index in [1.165, 1.54) is 11.3 Å². The summed E-state index contributed by atoms with van der Waals surface area (Å²) in [6.07, 6.45) is 1.07. The van der Waals surface area contributed by atoms with Crippen LogP contribution in [0.4, 0.5) is 0 Å². The number of carbonyl (C=O) groups is 1. The zero-order valence-corrected chi connectivity index (χ0v) is 10.9. The quantitative estimate of drug-likeness (QED) is 0.732. The van der Waals surface area contributed by atoms with E-state index in [2.05, 4.69) is 11.8 Å². The fourth-order valence-electron chi connectivity index (χ4n) is 1.88. The Morgan fingerprint density at radius 3 is 2.89 bits per heavy atom. The second kappa shape index (κ2) is 6.01. The fraction of sp³-hybridized carbons (Fsp3) is 0.462. The average molecular weight is 264 g/mol. The number of carbonyl (C=O) groups excluding carboxylic acids is 1. The maximum absolute atomic E-state index is 12.2. The van der Waals surface area contributed by atoms with E-state index in [1.54, 1.807) is 11.0 Å². The van der Waals surface area contributed by atoms with Crippen molar-refractivity contribution in [2.75, 3.05) is 19.6 Å². The first-order valence-electron chi connectivity index (χ1n) is 5.97. The summed E-state index contributed by atoms with van der Waals surface area (Å²) in [6, 6.07) is 3.65. The van der Waals surface area contributed by atoms with E-state index in [9.17, 15) is 9.90 Å². The number of hydrogen-bond donors (Lipinski definition) is 2. The molecule has 0 bridgehead atoms. The third-order valence-corrected chi connectivity index (χ3v) is 3.87. The molecule has 1 saturated heterocycles. The molecule has 0 spiro atoms. The molecule has 0 aromatic carbocycles. The Morgan fingerprint density at radius 2 is 2.22 bits per heavy atom. The first-order chi connectivity index (χ1) is 8.70. The summed E-state index contributed by atoms with van der Waals surface area (Å²) >= 11 is 1.39. The molecule has 0 atom stereocenters. The summed E-state index contributed by atoms with van der Waals surface area (Å²) < 4.78 is 0. The Kier molecular flexibility index (Phi) is 4.37. The van der Waals surface area contributed by atoms with E-state index >= 15 is 0 Å². The van der Waals surface area contributed by atoms with Gasteiger partial charge in [0.05, 0.1) is 22.4 Å². The summed E-state index contributed by atoms with van der Waals surface area (Å²) in [5.74, 6) is 5.73. The molecule has 5 heteroatoms. The molecule has 4 nitrogen and oxygen atoms in total. The Morgan fingerprint density at radius 1 is 1.50 bits per heavy atom. The number of nitrogens with zero attached hydrogens (tertiary/aromatic N) is 1. The summed E-state index contributed by atoms with van der Waals surface area (Å²) in [5.41, 5.74) is 5.31. The monoisotopic (exact) mass is 264 g/mol. The molecular formula is C13H16N2O2S. The standard InChI is InChI=1S/C13H16N2O2S/c14-7-1-2-11-3-4-12(18-11)13(17)15-8-5-10(16)6-9-15/h3-4,10,16H,5-9,14H2. The van der Waals surface area contributed by atoms with E-state index in [4.69, 9.17) is 5.73 Å². The second-order valence-electron chi connectivity index (χ2n) is 4.19. The molecule has 18 heavy (non-hydrogen) atoms. The molecular weight excluding hydrogens is 248 g/mol. The molecule has 0 radical (unpaired) electrons. The summed E-state index contributed by atoms with van der Waals surface area (Å²) in [5, 5.41) is 9.42. The van der Waals surface area contributed by atoms with Crippen LogP contribution in [-0.4, -0.2) is 41.7 Å². The van der Waals surface area contributed by atoms with Gasteiger partial charge in [0.2, 0.25) is 0 Å². The molecule has 2 rings (SSSR count). The number of rotatable bonds is 1. The molecule has 0 aliphatic carbocycles. The predicted octanol–water partition coefficient (Wildman–Crippen LogP) is 0.655. The maximum Gasteiger partial charge on any atom is 0.263 e. The number of nitrogens with two attached hydrogens (primary N) is 1. The zero-order chi connectivity index (χ0) is 13.0. The van der Waals surface area contributed by atoms with E-state index in [-0.39, 0.29) is 12.0 Å². The van der Waals surface area contributed by atoms with Gasteiger partial charge >= 0.3 is 0 Å². The molecule has 1 aliphatic rings. The molecule has 96 valence electrons. The number of hydrogen-bond acceptors (Lipinski definition) is 4. The van der Waals surface area contributed by atoms with Crippen LogP contribution < -0.4 is 5.73 Å². The van der Waals surface area contributed by atoms with Gasteiger partial charge in [-0.1, -0.05) is 11.8 Å². The Hall–Kier alpha value is -1.35. The molecule has 1 aromatic rings. The lowest BCUT2D eigenvalue weighted by atomic mass is 10.1. The van der Waals surface area contributed by atoms with Gasteiger partial charge in [-0.2, -0.15) is 0 Å². The molecule has 1 amide bonds. The molecule has 1 fully saturated rings. The van der Waals surface area contributed by atoms with Gasteiger partial charge in [0.1, 0.15) is 0 Å². The molecule has 0 unspecified atom stereocenters. The minimum absolute atomic E-state index is 0.0349. The summed E-state index contributed by atoms with van der Waals surface area (Å²) in [6.45, 7) is 1.58. The van der Waals surface area contributed by atoms with Crippen molar-refractivity contribution in [1.82, 2.24) is 4.90 Å². The highest BCUT2D eigenvalue weighted by molar-refractivity contribution is 7.14. The van der Waals surface area contributed by atoms with Crippen LogP contribution in [0, 0.1) is 11.8 Å². The highest BCUT2D eigenvalue weighted by Crippen LogP contribution is 2.20. The van der Waals surface area contributed by atoms with Gasteiger partial charge in [0, 0.05) is 13.1 Å². The van der Waals surface area contributed by atoms with E-state index in [0.29, 0.717) is 37.4 Å². The van der Waals surface area contributed by atoms with Crippen molar-refractivity contribution < 1.29 is 9.90 Å². The summed E-state index contributed by atoms with van der Waals surface area (Å²) in [4.78, 5) is 15.5. The lowest BCUT2D eigenvalue weighted by Crippen LogP contribution is -2.39. The number of aliphatic hydroxyl groups is 1. The van der Waals surface area contributed by atoms with Crippen LogP contribution in [0.1, 0.15) is 27.4 Å². The van der Waals surface area contributed by atoms with Crippen LogP contribution in [0.25, 0.3) is 0 Å². The van der Waals surface area contributed by atoms with Gasteiger partial charge in [0.15, 0.2) is 0 Å². The van der Waals surface area contributed by atoms with Gasteiger partial charge < -0.3 is 15.7 Å². The highest BCUT2D eigenvalue weighted by Gasteiger charge is 2.23. The van der Waals surface area contributed by atoms with Crippen molar-refractivity contribution in [3.05, 3.63) is 21.9 Å². The number of thiophene rings is 1. The van der Waals surface area contributed by atoms with Crippen molar-refractivity contribution >= 4 is 17.2 Å². The van der Waals surface area contributed by atoms with Crippen LogP contribution in [0.3, 0.4) is 0 Å². The molecule has 3 N–H and O–H groups in total. The van der Waals surface area contributed by atoms with Crippen LogP contribution in [0.2, 0.25) is 0 Å². The smallest absolute Gasteiger partial charge is 0.263 e. The van der Waals surface area contributed by atoms with Crippen LogP contribution in [0.5, 0.6) is 0 Å². The van der Waals surface area contributed by atoms with Crippen molar-refractivity contribution in [3.8, 4) is 11.8 Å². The van der Waals surface area contributed by atoms with Gasteiger partial charge in [0.25, 0.3) is 5.91 Å². The molecule has 2 heterocycles. The van der Waals surface area contributed by atoms with Gasteiger partial charge in [-0.25, -0.2) is 0 Å². The predicted molar refractivity (Wildman–Crippen MR) is 71.4 cm³/mol. The zero-order valence-electron chi connectivity index (χ0n) is 10.1. The van der Waals surface area contributed by atoms with Crippen molar-refractivity contribution in [2.24, 2.45) is 5.73 Å². The number of piperidine rings is 1. The number of likely N-dealkylation sites (tertiary alicyclic amines) is 1. The SMILES string of the molecule is NCC#Cc1ccc(C(=O)N2CCC(O)CC2)s1. The molecule has 0 saturated carbocycles.